The first-order valence-electron chi connectivity index (χ1n) is 11.9. The van der Waals surface area contributed by atoms with E-state index < -0.39 is 0 Å². The highest BCUT2D eigenvalue weighted by Crippen LogP contribution is 2.21. The van der Waals surface area contributed by atoms with Gasteiger partial charge < -0.3 is 20.0 Å². The number of piperidine rings is 1. The molecule has 1 aromatic heterocycles. The summed E-state index contributed by atoms with van der Waals surface area (Å²) in [6.45, 7) is 11.9. The second kappa shape index (κ2) is 14.5. The molecule has 1 saturated heterocycles. The number of nitrogens with zero attached hydrogens (tertiary/aromatic N) is 3. The minimum atomic E-state index is 0. The van der Waals surface area contributed by atoms with Crippen LogP contribution in [0.5, 0.6) is 0 Å². The standard InChI is InChI=1S/C25H39N5O.HI/c1-4-26-25(28-19-24-29-20(2)21(3)31-24)27-14-8-9-15-30-16-12-23(13-17-30)18-22-10-6-5-7-11-22;/h5-7,10-11,23H,4,8-9,12-19H2,1-3H3,(H2,26,27,28);1H. The zero-order valence-electron chi connectivity index (χ0n) is 19.9. The average molecular weight is 554 g/mol. The largest absolute Gasteiger partial charge is 0.444 e. The van der Waals surface area contributed by atoms with Gasteiger partial charge in [0.1, 0.15) is 12.3 Å². The van der Waals surface area contributed by atoms with E-state index in [1.165, 1.54) is 50.9 Å². The molecule has 1 aliphatic heterocycles. The van der Waals surface area contributed by atoms with E-state index in [0.29, 0.717) is 12.4 Å². The van der Waals surface area contributed by atoms with Crippen molar-refractivity contribution in [2.75, 3.05) is 32.7 Å². The molecule has 2 aromatic rings. The molecule has 178 valence electrons. The van der Waals surface area contributed by atoms with E-state index in [9.17, 15) is 0 Å². The van der Waals surface area contributed by atoms with Crippen molar-refractivity contribution in [1.82, 2.24) is 20.5 Å². The first-order valence-corrected chi connectivity index (χ1v) is 11.9. The van der Waals surface area contributed by atoms with Crippen LogP contribution in [-0.4, -0.2) is 48.6 Å². The minimum Gasteiger partial charge on any atom is -0.444 e. The number of hydrogen-bond donors (Lipinski definition) is 2. The Bertz CT molecular complexity index is 780. The summed E-state index contributed by atoms with van der Waals surface area (Å²) in [6, 6.07) is 10.9. The van der Waals surface area contributed by atoms with Gasteiger partial charge in [0.25, 0.3) is 0 Å². The number of unbranched alkanes of at least 4 members (excludes halogenated alkanes) is 1. The Hall–Kier alpha value is -1.61. The first kappa shape index (κ1) is 26.6. The van der Waals surface area contributed by atoms with Gasteiger partial charge in [-0.25, -0.2) is 9.98 Å². The third-order valence-corrected chi connectivity index (χ3v) is 6.06. The Labute approximate surface area is 210 Å². The van der Waals surface area contributed by atoms with E-state index in [0.717, 1.165) is 42.8 Å². The van der Waals surface area contributed by atoms with Crippen molar-refractivity contribution < 1.29 is 4.42 Å². The average Bonchev–Trinajstić information content (AvgIpc) is 3.11. The number of benzene rings is 1. The normalized spacial score (nSPS) is 15.4. The molecule has 2 N–H and O–H groups in total. The number of nitrogens with one attached hydrogen (secondary N) is 2. The summed E-state index contributed by atoms with van der Waals surface area (Å²) in [5.74, 6) is 3.21. The highest BCUT2D eigenvalue weighted by molar-refractivity contribution is 14.0. The summed E-state index contributed by atoms with van der Waals surface area (Å²) < 4.78 is 5.61. The van der Waals surface area contributed by atoms with Crippen LogP contribution in [0.15, 0.2) is 39.7 Å². The lowest BCUT2D eigenvalue weighted by molar-refractivity contribution is 0.181. The van der Waals surface area contributed by atoms with Crippen LogP contribution in [0.4, 0.5) is 0 Å². The number of rotatable bonds is 10. The van der Waals surface area contributed by atoms with Crippen LogP contribution < -0.4 is 10.6 Å². The zero-order valence-corrected chi connectivity index (χ0v) is 22.2. The summed E-state index contributed by atoms with van der Waals surface area (Å²) in [6.07, 6.45) is 6.24. The zero-order chi connectivity index (χ0) is 21.9. The fourth-order valence-corrected chi connectivity index (χ4v) is 4.12. The summed E-state index contributed by atoms with van der Waals surface area (Å²) in [7, 11) is 0. The van der Waals surface area contributed by atoms with Crippen molar-refractivity contribution in [3.63, 3.8) is 0 Å². The first-order chi connectivity index (χ1) is 15.1. The van der Waals surface area contributed by atoms with Crippen LogP contribution in [-0.2, 0) is 13.0 Å². The van der Waals surface area contributed by atoms with Crippen LogP contribution in [0.25, 0.3) is 0 Å². The Morgan fingerprint density at radius 1 is 1.12 bits per heavy atom. The van der Waals surface area contributed by atoms with Gasteiger partial charge in [0.2, 0.25) is 5.89 Å². The van der Waals surface area contributed by atoms with Crippen LogP contribution >= 0.6 is 24.0 Å². The summed E-state index contributed by atoms with van der Waals surface area (Å²) >= 11 is 0. The van der Waals surface area contributed by atoms with Crippen LogP contribution in [0.1, 0.15) is 55.5 Å². The maximum atomic E-state index is 5.61. The molecule has 0 saturated carbocycles. The summed E-state index contributed by atoms with van der Waals surface area (Å²) in [4.78, 5) is 11.6. The number of oxazole rings is 1. The maximum Gasteiger partial charge on any atom is 0.216 e. The van der Waals surface area contributed by atoms with Crippen molar-refractivity contribution in [1.29, 1.82) is 0 Å². The lowest BCUT2D eigenvalue weighted by atomic mass is 9.90. The van der Waals surface area contributed by atoms with Gasteiger partial charge in [-0.15, -0.1) is 24.0 Å². The van der Waals surface area contributed by atoms with Gasteiger partial charge >= 0.3 is 0 Å². The molecule has 0 amide bonds. The van der Waals surface area contributed by atoms with Crippen LogP contribution in [0, 0.1) is 19.8 Å². The highest BCUT2D eigenvalue weighted by Gasteiger charge is 2.18. The van der Waals surface area contributed by atoms with Gasteiger partial charge in [0.05, 0.1) is 5.69 Å². The van der Waals surface area contributed by atoms with Gasteiger partial charge in [-0.3, -0.25) is 0 Å². The number of guanidine groups is 1. The molecule has 1 fully saturated rings. The molecule has 0 atom stereocenters. The molecule has 0 aliphatic carbocycles. The highest BCUT2D eigenvalue weighted by atomic mass is 127. The lowest BCUT2D eigenvalue weighted by Crippen LogP contribution is -2.38. The number of likely N-dealkylation sites (tertiary alicyclic amines) is 1. The van der Waals surface area contributed by atoms with Gasteiger partial charge in [-0.2, -0.15) is 0 Å². The monoisotopic (exact) mass is 553 g/mol. The van der Waals surface area contributed by atoms with Crippen LogP contribution in [0.3, 0.4) is 0 Å². The van der Waals surface area contributed by atoms with Crippen molar-refractivity contribution in [2.24, 2.45) is 10.9 Å². The number of hydrogen-bond acceptors (Lipinski definition) is 4. The fourth-order valence-electron chi connectivity index (χ4n) is 4.12. The van der Waals surface area contributed by atoms with Gasteiger partial charge in [0.15, 0.2) is 5.96 Å². The molecule has 1 aliphatic rings. The molecule has 32 heavy (non-hydrogen) atoms. The van der Waals surface area contributed by atoms with Crippen molar-refractivity contribution in [3.05, 3.63) is 53.2 Å². The van der Waals surface area contributed by atoms with E-state index >= 15 is 0 Å². The minimum absolute atomic E-state index is 0. The molecule has 1 aromatic carbocycles. The maximum absolute atomic E-state index is 5.61. The Kier molecular flexibility index (Phi) is 12.1. The summed E-state index contributed by atoms with van der Waals surface area (Å²) in [5, 5.41) is 6.73. The van der Waals surface area contributed by atoms with Crippen molar-refractivity contribution in [2.45, 2.75) is 59.4 Å². The summed E-state index contributed by atoms with van der Waals surface area (Å²) in [5.41, 5.74) is 2.42. The SMILES string of the molecule is CCNC(=NCc1nc(C)c(C)o1)NCCCCN1CCC(Cc2ccccc2)CC1.I. The van der Waals surface area contributed by atoms with Gasteiger partial charge in [-0.1, -0.05) is 30.3 Å². The number of halogens is 1. The van der Waals surface area contributed by atoms with E-state index in [1.807, 2.05) is 13.8 Å². The van der Waals surface area contributed by atoms with E-state index in [4.69, 9.17) is 4.42 Å². The smallest absolute Gasteiger partial charge is 0.216 e. The predicted molar refractivity (Wildman–Crippen MR) is 143 cm³/mol. The number of aromatic nitrogens is 1. The molecule has 2 heterocycles. The molecular formula is C25H40IN5O. The van der Waals surface area contributed by atoms with Gasteiger partial charge in [-0.05, 0) is 84.0 Å². The Morgan fingerprint density at radius 3 is 2.53 bits per heavy atom. The second-order valence-corrected chi connectivity index (χ2v) is 8.55. The van der Waals surface area contributed by atoms with Crippen LogP contribution in [0.2, 0.25) is 0 Å². The second-order valence-electron chi connectivity index (χ2n) is 8.55. The van der Waals surface area contributed by atoms with Crippen molar-refractivity contribution >= 4 is 29.9 Å². The van der Waals surface area contributed by atoms with E-state index in [2.05, 4.69) is 62.8 Å². The van der Waals surface area contributed by atoms with Crippen molar-refractivity contribution in [3.8, 4) is 0 Å². The lowest BCUT2D eigenvalue weighted by Gasteiger charge is -2.32. The van der Waals surface area contributed by atoms with E-state index in [1.54, 1.807) is 0 Å². The topological polar surface area (TPSA) is 65.7 Å². The third-order valence-electron chi connectivity index (χ3n) is 6.06. The van der Waals surface area contributed by atoms with Gasteiger partial charge in [0, 0.05) is 13.1 Å². The molecular weight excluding hydrogens is 513 g/mol. The van der Waals surface area contributed by atoms with E-state index in [-0.39, 0.29) is 24.0 Å². The molecule has 0 spiro atoms. The predicted octanol–water partition coefficient (Wildman–Crippen LogP) is 4.70. The Morgan fingerprint density at radius 2 is 1.88 bits per heavy atom. The quantitative estimate of drug-likeness (QED) is 0.193. The molecule has 6 nitrogen and oxygen atoms in total. The number of aliphatic imine (C=N–C) groups is 1. The Balaban J connectivity index is 0.00000363. The third kappa shape index (κ3) is 9.10. The molecule has 0 radical (unpaired) electrons. The molecule has 0 bridgehead atoms. The molecule has 7 heteroatoms. The molecule has 0 unspecified atom stereocenters. The number of aryl methyl sites for hydroxylation is 2. The fraction of sp³-hybridized carbons (Fsp3) is 0.600. The molecule has 3 rings (SSSR count).